The fourth-order valence-corrected chi connectivity index (χ4v) is 1.55. The molecule has 0 N–H and O–H groups in total. The largest absolute Gasteiger partial charge is 0.206 e. The highest BCUT2D eigenvalue weighted by molar-refractivity contribution is 5.80. The number of hydrogen-bond donors (Lipinski definition) is 0. The molecule has 13 heavy (non-hydrogen) atoms. The van der Waals surface area contributed by atoms with Gasteiger partial charge in [0.2, 0.25) is 0 Å². The summed E-state index contributed by atoms with van der Waals surface area (Å²) in [5.74, 6) is -0.156. The smallest absolute Gasteiger partial charge is 0.131 e. The van der Waals surface area contributed by atoms with Gasteiger partial charge in [-0.25, -0.2) is 4.39 Å². The van der Waals surface area contributed by atoms with Crippen LogP contribution in [0.2, 0.25) is 0 Å². The van der Waals surface area contributed by atoms with E-state index in [0.717, 1.165) is 17.6 Å². The summed E-state index contributed by atoms with van der Waals surface area (Å²) >= 11 is 0. The lowest BCUT2D eigenvalue weighted by Gasteiger charge is -2.04. The molecule has 0 saturated heterocycles. The highest BCUT2D eigenvalue weighted by Crippen LogP contribution is 2.29. The summed E-state index contributed by atoms with van der Waals surface area (Å²) in [6.07, 6.45) is 5.96. The van der Waals surface area contributed by atoms with Crippen molar-refractivity contribution in [2.75, 3.05) is 0 Å². The molecule has 0 heterocycles. The van der Waals surface area contributed by atoms with Crippen LogP contribution in [0.15, 0.2) is 35.9 Å². The van der Waals surface area contributed by atoms with E-state index in [9.17, 15) is 4.39 Å². The molecule has 1 aliphatic rings. The molecular formula is C12H10F. The fraction of sp³-hybridized carbons (Fsp3) is 0.167. The van der Waals surface area contributed by atoms with Gasteiger partial charge in [0.25, 0.3) is 0 Å². The van der Waals surface area contributed by atoms with Crippen LogP contribution < -0.4 is 0 Å². The quantitative estimate of drug-likeness (QED) is 0.610. The lowest BCUT2D eigenvalue weighted by molar-refractivity contribution is 0.624. The first-order valence-corrected chi connectivity index (χ1v) is 4.32. The Morgan fingerprint density at radius 3 is 2.69 bits per heavy atom. The van der Waals surface area contributed by atoms with Crippen molar-refractivity contribution in [3.63, 3.8) is 0 Å². The number of allylic oxidation sites excluding steroid dienone is 4. The third kappa shape index (κ3) is 1.42. The lowest BCUT2D eigenvalue weighted by Crippen LogP contribution is -1.88. The first kappa shape index (κ1) is 8.24. The molecule has 65 valence electrons. The van der Waals surface area contributed by atoms with Crippen molar-refractivity contribution in [1.29, 1.82) is 0 Å². The molecule has 0 unspecified atom stereocenters. The second kappa shape index (κ2) is 3.17. The highest BCUT2D eigenvalue weighted by atomic mass is 19.1. The predicted octanol–water partition coefficient (Wildman–Crippen LogP) is 3.36. The van der Waals surface area contributed by atoms with Gasteiger partial charge in [0.1, 0.15) is 5.82 Å². The van der Waals surface area contributed by atoms with Crippen molar-refractivity contribution in [2.24, 2.45) is 0 Å². The molecule has 1 radical (unpaired) electrons. The van der Waals surface area contributed by atoms with Crippen molar-refractivity contribution in [3.8, 4) is 0 Å². The van der Waals surface area contributed by atoms with Crippen LogP contribution in [0.5, 0.6) is 0 Å². The van der Waals surface area contributed by atoms with Crippen molar-refractivity contribution in [3.05, 3.63) is 53.4 Å². The van der Waals surface area contributed by atoms with Crippen LogP contribution in [0.1, 0.15) is 18.9 Å². The summed E-state index contributed by atoms with van der Waals surface area (Å²) in [5.41, 5.74) is 2.72. The molecule has 0 aromatic heterocycles. The van der Waals surface area contributed by atoms with Gasteiger partial charge in [0.15, 0.2) is 0 Å². The minimum Gasteiger partial charge on any atom is -0.206 e. The van der Waals surface area contributed by atoms with Crippen LogP contribution in [-0.4, -0.2) is 0 Å². The molecule has 0 spiro atoms. The predicted molar refractivity (Wildman–Crippen MR) is 51.4 cm³/mol. The normalized spacial score (nSPS) is 15.5. The van der Waals surface area contributed by atoms with E-state index in [-0.39, 0.29) is 5.82 Å². The first-order valence-electron chi connectivity index (χ1n) is 4.32. The van der Waals surface area contributed by atoms with Gasteiger partial charge in [-0.15, -0.1) is 0 Å². The van der Waals surface area contributed by atoms with Crippen LogP contribution in [-0.2, 0) is 0 Å². The minimum absolute atomic E-state index is 0.156. The van der Waals surface area contributed by atoms with E-state index in [2.05, 4.69) is 6.08 Å². The molecule has 1 aliphatic carbocycles. The van der Waals surface area contributed by atoms with Gasteiger partial charge in [-0.3, -0.25) is 0 Å². The molecule has 0 atom stereocenters. The molecule has 1 aromatic carbocycles. The van der Waals surface area contributed by atoms with Gasteiger partial charge < -0.3 is 0 Å². The van der Waals surface area contributed by atoms with Gasteiger partial charge in [0, 0.05) is 5.56 Å². The van der Waals surface area contributed by atoms with E-state index in [4.69, 9.17) is 0 Å². The van der Waals surface area contributed by atoms with Crippen LogP contribution in [0.25, 0.3) is 5.57 Å². The van der Waals surface area contributed by atoms with Crippen LogP contribution in [0.4, 0.5) is 4.39 Å². The molecule has 1 aromatic rings. The van der Waals surface area contributed by atoms with Crippen molar-refractivity contribution in [2.45, 2.75) is 13.3 Å². The molecular weight excluding hydrogens is 163 g/mol. The number of hydrogen-bond acceptors (Lipinski definition) is 0. The van der Waals surface area contributed by atoms with Crippen molar-refractivity contribution >= 4 is 5.57 Å². The average Bonchev–Trinajstić information content (AvgIpc) is 2.52. The zero-order chi connectivity index (χ0) is 9.26. The van der Waals surface area contributed by atoms with E-state index in [1.165, 1.54) is 6.07 Å². The minimum atomic E-state index is -0.156. The summed E-state index contributed by atoms with van der Waals surface area (Å²) in [4.78, 5) is 0. The molecule has 0 bridgehead atoms. The number of rotatable bonds is 1. The molecule has 0 nitrogen and oxygen atoms in total. The van der Waals surface area contributed by atoms with Crippen LogP contribution in [0, 0.1) is 11.9 Å². The lowest BCUT2D eigenvalue weighted by atomic mass is 10.0. The van der Waals surface area contributed by atoms with Crippen molar-refractivity contribution in [1.82, 2.24) is 0 Å². The SMILES string of the molecule is CC1=[C]CC=C1c1ccccc1F. The second-order valence-electron chi connectivity index (χ2n) is 3.10. The molecule has 1 heteroatoms. The maximum absolute atomic E-state index is 13.3. The molecule has 0 amide bonds. The Morgan fingerprint density at radius 2 is 2.08 bits per heavy atom. The third-order valence-electron chi connectivity index (χ3n) is 2.24. The summed E-state index contributed by atoms with van der Waals surface area (Å²) in [7, 11) is 0. The summed E-state index contributed by atoms with van der Waals surface area (Å²) in [6, 6.07) is 6.85. The van der Waals surface area contributed by atoms with E-state index < -0.39 is 0 Å². The van der Waals surface area contributed by atoms with Gasteiger partial charge in [-0.05, 0) is 36.6 Å². The van der Waals surface area contributed by atoms with Crippen molar-refractivity contribution < 1.29 is 4.39 Å². The van der Waals surface area contributed by atoms with Gasteiger partial charge in [-0.2, -0.15) is 0 Å². The topological polar surface area (TPSA) is 0 Å². The second-order valence-corrected chi connectivity index (χ2v) is 3.10. The Hall–Kier alpha value is -1.37. The summed E-state index contributed by atoms with van der Waals surface area (Å²) in [5, 5.41) is 0. The van der Waals surface area contributed by atoms with E-state index in [0.29, 0.717) is 5.56 Å². The Bertz CT molecular complexity index is 386. The zero-order valence-electron chi connectivity index (χ0n) is 7.47. The highest BCUT2D eigenvalue weighted by Gasteiger charge is 2.11. The van der Waals surface area contributed by atoms with Crippen LogP contribution >= 0.6 is 0 Å². The zero-order valence-corrected chi connectivity index (χ0v) is 7.47. The monoisotopic (exact) mass is 173 g/mol. The number of halogens is 1. The first-order chi connectivity index (χ1) is 6.29. The van der Waals surface area contributed by atoms with E-state index in [1.54, 1.807) is 12.1 Å². The fourth-order valence-electron chi connectivity index (χ4n) is 1.55. The Morgan fingerprint density at radius 1 is 1.31 bits per heavy atom. The Labute approximate surface area is 77.4 Å². The van der Waals surface area contributed by atoms with E-state index in [1.807, 2.05) is 19.1 Å². The molecule has 0 fully saturated rings. The maximum atomic E-state index is 13.3. The average molecular weight is 173 g/mol. The summed E-state index contributed by atoms with van der Waals surface area (Å²) in [6.45, 7) is 1.96. The molecule has 0 saturated carbocycles. The Balaban J connectivity index is 2.47. The van der Waals surface area contributed by atoms with Gasteiger partial charge >= 0.3 is 0 Å². The molecule has 0 aliphatic heterocycles. The maximum Gasteiger partial charge on any atom is 0.131 e. The van der Waals surface area contributed by atoms with Gasteiger partial charge in [0.05, 0.1) is 0 Å². The standard InChI is InChI=1S/C12H10F/c1-9-5-4-7-10(9)11-6-2-3-8-12(11)13/h2-3,6-8H,4H2,1H3. The van der Waals surface area contributed by atoms with Crippen LogP contribution in [0.3, 0.4) is 0 Å². The summed E-state index contributed by atoms with van der Waals surface area (Å²) < 4.78 is 13.3. The number of benzene rings is 1. The van der Waals surface area contributed by atoms with Gasteiger partial charge in [-0.1, -0.05) is 24.3 Å². The molecule has 2 rings (SSSR count). The Kier molecular flexibility index (Phi) is 2.01. The van der Waals surface area contributed by atoms with E-state index >= 15 is 0 Å². The third-order valence-corrected chi connectivity index (χ3v) is 2.24.